The molecule has 0 radical (unpaired) electrons. The quantitative estimate of drug-likeness (QED) is 0.848. The zero-order chi connectivity index (χ0) is 13.6. The summed E-state index contributed by atoms with van der Waals surface area (Å²) in [6.07, 6.45) is 0. The fraction of sp³-hybridized carbons (Fsp3) is 0.571. The Morgan fingerprint density at radius 1 is 1.11 bits per heavy atom. The van der Waals surface area contributed by atoms with E-state index in [-0.39, 0.29) is 36.8 Å². The van der Waals surface area contributed by atoms with Crippen molar-refractivity contribution < 1.29 is 9.31 Å². The molecule has 0 bridgehead atoms. The second-order valence-corrected chi connectivity index (χ2v) is 6.05. The van der Waals surface area contributed by atoms with Crippen LogP contribution in [0, 0.1) is 0 Å². The van der Waals surface area contributed by atoms with Crippen molar-refractivity contribution in [1.29, 1.82) is 0 Å². The molecule has 1 aromatic rings. The van der Waals surface area contributed by atoms with Crippen LogP contribution in [0.1, 0.15) is 46.2 Å². The van der Waals surface area contributed by atoms with Crippen LogP contribution in [0.2, 0.25) is 0 Å². The Bertz CT molecular complexity index is 433. The molecule has 0 aromatic heterocycles. The lowest BCUT2D eigenvalue weighted by Gasteiger charge is -2.32. The van der Waals surface area contributed by atoms with Crippen molar-refractivity contribution in [2.45, 2.75) is 51.9 Å². The molecule has 1 aliphatic rings. The van der Waals surface area contributed by atoms with Gasteiger partial charge in [-0.05, 0) is 45.6 Å². The Kier molecular flexibility index (Phi) is 4.73. The molecule has 0 unspecified atom stereocenters. The van der Waals surface area contributed by atoms with Crippen LogP contribution in [0.4, 0.5) is 0 Å². The largest absolute Gasteiger partial charge is 0.494 e. The van der Waals surface area contributed by atoms with Gasteiger partial charge in [0, 0.05) is 6.04 Å². The van der Waals surface area contributed by atoms with E-state index in [1.54, 1.807) is 0 Å². The van der Waals surface area contributed by atoms with E-state index in [4.69, 9.17) is 15.0 Å². The molecule has 106 valence electrons. The lowest BCUT2D eigenvalue weighted by molar-refractivity contribution is 0.00578. The molecule has 1 aliphatic heterocycles. The predicted molar refractivity (Wildman–Crippen MR) is 82.0 cm³/mol. The standard InChI is InChI=1S/C14H22BNO2.ClH/c1-10(16)11-7-6-8-12(9-11)15-17-13(2,3)14(4,5)18-15;/h6-10H,16H2,1-5H3;1H/t10-;/m0./s1. The SMILES string of the molecule is C[C@H](N)c1cccc(B2OC(C)(C)C(C)(C)O2)c1.Cl. The van der Waals surface area contributed by atoms with Gasteiger partial charge in [0.1, 0.15) is 0 Å². The van der Waals surface area contributed by atoms with E-state index in [0.717, 1.165) is 11.0 Å². The summed E-state index contributed by atoms with van der Waals surface area (Å²) in [4.78, 5) is 0. The second-order valence-electron chi connectivity index (χ2n) is 6.05. The van der Waals surface area contributed by atoms with Gasteiger partial charge in [-0.3, -0.25) is 0 Å². The van der Waals surface area contributed by atoms with Gasteiger partial charge in [-0.25, -0.2) is 0 Å². The van der Waals surface area contributed by atoms with Crippen LogP contribution in [0.5, 0.6) is 0 Å². The molecule has 2 rings (SSSR count). The maximum absolute atomic E-state index is 6.02. The average Bonchev–Trinajstić information content (AvgIpc) is 2.48. The van der Waals surface area contributed by atoms with Crippen molar-refractivity contribution in [3.63, 3.8) is 0 Å². The molecule has 0 saturated carbocycles. The van der Waals surface area contributed by atoms with E-state index in [0.29, 0.717) is 0 Å². The highest BCUT2D eigenvalue weighted by atomic mass is 35.5. The fourth-order valence-corrected chi connectivity index (χ4v) is 1.97. The van der Waals surface area contributed by atoms with Crippen molar-refractivity contribution in [3.05, 3.63) is 29.8 Å². The minimum atomic E-state index is -0.311. The van der Waals surface area contributed by atoms with Gasteiger partial charge in [0.2, 0.25) is 0 Å². The molecule has 5 heteroatoms. The molecule has 3 nitrogen and oxygen atoms in total. The number of halogens is 1. The number of benzene rings is 1. The van der Waals surface area contributed by atoms with Crippen molar-refractivity contribution >= 4 is 25.0 Å². The van der Waals surface area contributed by atoms with Gasteiger partial charge in [-0.15, -0.1) is 12.4 Å². The molecule has 1 saturated heterocycles. The highest BCUT2D eigenvalue weighted by molar-refractivity contribution is 6.62. The van der Waals surface area contributed by atoms with E-state index in [2.05, 4.69) is 33.8 Å². The number of hydrogen-bond acceptors (Lipinski definition) is 3. The summed E-state index contributed by atoms with van der Waals surface area (Å²) in [7, 11) is -0.311. The summed E-state index contributed by atoms with van der Waals surface area (Å²) in [6.45, 7) is 10.2. The molecule has 1 aromatic carbocycles. The number of nitrogens with two attached hydrogens (primary N) is 1. The van der Waals surface area contributed by atoms with Gasteiger partial charge in [0.05, 0.1) is 11.2 Å². The van der Waals surface area contributed by atoms with Gasteiger partial charge in [0.25, 0.3) is 0 Å². The number of hydrogen-bond donors (Lipinski definition) is 1. The van der Waals surface area contributed by atoms with Gasteiger partial charge in [-0.1, -0.05) is 24.3 Å². The topological polar surface area (TPSA) is 44.5 Å². The van der Waals surface area contributed by atoms with Crippen molar-refractivity contribution in [2.75, 3.05) is 0 Å². The first-order valence-electron chi connectivity index (χ1n) is 6.44. The first-order valence-corrected chi connectivity index (χ1v) is 6.44. The summed E-state index contributed by atoms with van der Waals surface area (Å²) in [5.41, 5.74) is 7.43. The Hall–Kier alpha value is -0.545. The van der Waals surface area contributed by atoms with Crippen LogP contribution in [0.15, 0.2) is 24.3 Å². The minimum absolute atomic E-state index is 0. The van der Waals surface area contributed by atoms with Crippen LogP contribution in [-0.4, -0.2) is 18.3 Å². The Balaban J connectivity index is 0.00000180. The van der Waals surface area contributed by atoms with E-state index in [9.17, 15) is 0 Å². The number of rotatable bonds is 2. The predicted octanol–water partition coefficient (Wildman–Crippen LogP) is 2.43. The second kappa shape index (κ2) is 5.45. The molecule has 1 heterocycles. The van der Waals surface area contributed by atoms with Crippen LogP contribution >= 0.6 is 12.4 Å². The molecular weight excluding hydrogens is 260 g/mol. The normalized spacial score (nSPS) is 21.9. The summed E-state index contributed by atoms with van der Waals surface area (Å²) in [5, 5.41) is 0. The van der Waals surface area contributed by atoms with Crippen LogP contribution in [0.3, 0.4) is 0 Å². The maximum Gasteiger partial charge on any atom is 0.494 e. The van der Waals surface area contributed by atoms with Crippen LogP contribution < -0.4 is 11.2 Å². The zero-order valence-corrected chi connectivity index (χ0v) is 13.1. The third-order valence-corrected chi connectivity index (χ3v) is 3.96. The van der Waals surface area contributed by atoms with Crippen molar-refractivity contribution in [1.82, 2.24) is 0 Å². The van der Waals surface area contributed by atoms with E-state index < -0.39 is 0 Å². The highest BCUT2D eigenvalue weighted by Crippen LogP contribution is 2.36. The lowest BCUT2D eigenvalue weighted by atomic mass is 9.78. The third-order valence-electron chi connectivity index (χ3n) is 3.96. The Morgan fingerprint density at radius 2 is 1.63 bits per heavy atom. The first kappa shape index (κ1) is 16.5. The van der Waals surface area contributed by atoms with E-state index >= 15 is 0 Å². The van der Waals surface area contributed by atoms with Crippen LogP contribution in [-0.2, 0) is 9.31 Å². The minimum Gasteiger partial charge on any atom is -0.399 e. The summed E-state index contributed by atoms with van der Waals surface area (Å²) in [6, 6.07) is 8.13. The molecule has 1 atom stereocenters. The summed E-state index contributed by atoms with van der Waals surface area (Å²) in [5.74, 6) is 0. The highest BCUT2D eigenvalue weighted by Gasteiger charge is 2.51. The average molecular weight is 284 g/mol. The lowest BCUT2D eigenvalue weighted by Crippen LogP contribution is -2.41. The van der Waals surface area contributed by atoms with Gasteiger partial charge in [-0.2, -0.15) is 0 Å². The van der Waals surface area contributed by atoms with Crippen molar-refractivity contribution in [3.8, 4) is 0 Å². The third kappa shape index (κ3) is 3.14. The van der Waals surface area contributed by atoms with Crippen LogP contribution in [0.25, 0.3) is 0 Å². The monoisotopic (exact) mass is 283 g/mol. The summed E-state index contributed by atoms with van der Waals surface area (Å²) >= 11 is 0. The molecule has 0 spiro atoms. The Morgan fingerprint density at radius 3 is 2.11 bits per heavy atom. The van der Waals surface area contributed by atoms with E-state index in [1.165, 1.54) is 0 Å². The fourth-order valence-electron chi connectivity index (χ4n) is 1.97. The van der Waals surface area contributed by atoms with Gasteiger partial charge >= 0.3 is 7.12 Å². The molecule has 1 fully saturated rings. The van der Waals surface area contributed by atoms with E-state index in [1.807, 2.05) is 25.1 Å². The molecule has 0 aliphatic carbocycles. The smallest absolute Gasteiger partial charge is 0.399 e. The molecule has 19 heavy (non-hydrogen) atoms. The first-order chi connectivity index (χ1) is 8.23. The Labute approximate surface area is 122 Å². The summed E-state index contributed by atoms with van der Waals surface area (Å²) < 4.78 is 12.0. The van der Waals surface area contributed by atoms with Gasteiger partial charge in [0.15, 0.2) is 0 Å². The van der Waals surface area contributed by atoms with Gasteiger partial charge < -0.3 is 15.0 Å². The maximum atomic E-state index is 6.02. The zero-order valence-electron chi connectivity index (χ0n) is 12.3. The van der Waals surface area contributed by atoms with Crippen molar-refractivity contribution in [2.24, 2.45) is 5.73 Å². The molecule has 0 amide bonds. The molecular formula is C14H23BClNO2. The molecule has 2 N–H and O–H groups in total.